The van der Waals surface area contributed by atoms with E-state index in [1.807, 2.05) is 24.5 Å². The van der Waals surface area contributed by atoms with E-state index in [-0.39, 0.29) is 18.0 Å². The number of pyridine rings is 1. The van der Waals surface area contributed by atoms with Crippen LogP contribution in [0, 0.1) is 6.92 Å². The Morgan fingerprint density at radius 3 is 2.54 bits per heavy atom. The van der Waals surface area contributed by atoms with Gasteiger partial charge in [-0.2, -0.15) is 0 Å². The molecule has 1 amide bonds. The zero-order chi connectivity index (χ0) is 24.5. The van der Waals surface area contributed by atoms with E-state index in [4.69, 9.17) is 9.47 Å². The predicted molar refractivity (Wildman–Crippen MR) is 136 cm³/mol. The van der Waals surface area contributed by atoms with E-state index in [0.717, 1.165) is 30.7 Å². The SMILES string of the molecule is COc1cc2c(cc1OC)C(C)N(C(=O)C1Cc3ccccc3CN1Cc1cnccc1C)CC2. The number of rotatable bonds is 5. The summed E-state index contributed by atoms with van der Waals surface area (Å²) >= 11 is 0. The Bertz CT molecular complexity index is 1240. The number of hydrogen-bond acceptors (Lipinski definition) is 5. The Kier molecular flexibility index (Phi) is 6.48. The molecule has 0 radical (unpaired) electrons. The van der Waals surface area contributed by atoms with Crippen LogP contribution >= 0.6 is 0 Å². The number of nitrogens with zero attached hydrogens (tertiary/aromatic N) is 3. The van der Waals surface area contributed by atoms with Crippen LogP contribution < -0.4 is 9.47 Å². The highest BCUT2D eigenvalue weighted by Crippen LogP contribution is 2.39. The molecule has 6 nitrogen and oxygen atoms in total. The minimum atomic E-state index is -0.214. The number of ether oxygens (including phenoxy) is 2. The summed E-state index contributed by atoms with van der Waals surface area (Å²) < 4.78 is 11.1. The number of carbonyl (C=O) groups is 1. The molecule has 5 rings (SSSR count). The highest BCUT2D eigenvalue weighted by molar-refractivity contribution is 5.83. The number of aryl methyl sites for hydroxylation is 1. The van der Waals surface area contributed by atoms with E-state index in [1.54, 1.807) is 14.2 Å². The second kappa shape index (κ2) is 9.70. The number of fused-ring (bicyclic) bond motifs is 2. The van der Waals surface area contributed by atoms with Crippen LogP contribution in [0.25, 0.3) is 0 Å². The lowest BCUT2D eigenvalue weighted by Gasteiger charge is -2.42. The van der Waals surface area contributed by atoms with Gasteiger partial charge in [0.05, 0.1) is 26.3 Å². The maximum atomic E-state index is 14.2. The summed E-state index contributed by atoms with van der Waals surface area (Å²) in [6.45, 7) is 6.38. The van der Waals surface area contributed by atoms with Gasteiger partial charge in [0, 0.05) is 32.0 Å². The normalized spacial score (nSPS) is 19.6. The van der Waals surface area contributed by atoms with Crippen molar-refractivity contribution >= 4 is 5.91 Å². The molecule has 0 bridgehead atoms. The molecule has 0 aliphatic carbocycles. The summed E-state index contributed by atoms with van der Waals surface area (Å²) in [6, 6.07) is 14.4. The molecule has 2 aliphatic rings. The van der Waals surface area contributed by atoms with Crippen molar-refractivity contribution in [3.8, 4) is 11.5 Å². The molecule has 6 heteroatoms. The van der Waals surface area contributed by atoms with E-state index in [9.17, 15) is 4.79 Å². The Labute approximate surface area is 207 Å². The third-order valence-corrected chi connectivity index (χ3v) is 7.62. The number of hydrogen-bond donors (Lipinski definition) is 0. The maximum Gasteiger partial charge on any atom is 0.240 e. The van der Waals surface area contributed by atoms with Gasteiger partial charge in [-0.1, -0.05) is 24.3 Å². The summed E-state index contributed by atoms with van der Waals surface area (Å²) in [5.41, 5.74) is 7.28. The smallest absolute Gasteiger partial charge is 0.240 e. The lowest BCUT2D eigenvalue weighted by Crippen LogP contribution is -2.53. The number of amides is 1. The minimum absolute atomic E-state index is 0.0368. The van der Waals surface area contributed by atoms with Crippen molar-refractivity contribution in [2.24, 2.45) is 0 Å². The van der Waals surface area contributed by atoms with Crippen molar-refractivity contribution in [1.82, 2.24) is 14.8 Å². The summed E-state index contributed by atoms with van der Waals surface area (Å²) in [6.07, 6.45) is 5.27. The molecule has 2 aromatic carbocycles. The van der Waals surface area contributed by atoms with Crippen molar-refractivity contribution in [3.05, 3.63) is 88.2 Å². The molecular formula is C29H33N3O3. The van der Waals surface area contributed by atoms with Gasteiger partial charge in [0.1, 0.15) is 0 Å². The highest BCUT2D eigenvalue weighted by Gasteiger charge is 2.38. The number of carbonyl (C=O) groups excluding carboxylic acids is 1. The predicted octanol–water partition coefficient (Wildman–Crippen LogP) is 4.48. The Hall–Kier alpha value is -3.38. The average Bonchev–Trinajstić information content (AvgIpc) is 2.88. The topological polar surface area (TPSA) is 54.9 Å². The average molecular weight is 472 g/mol. The van der Waals surface area contributed by atoms with Gasteiger partial charge in [0.25, 0.3) is 0 Å². The minimum Gasteiger partial charge on any atom is -0.493 e. The quantitative estimate of drug-likeness (QED) is 0.549. The van der Waals surface area contributed by atoms with Crippen LogP contribution in [0.4, 0.5) is 0 Å². The number of benzene rings is 2. The van der Waals surface area contributed by atoms with Crippen molar-refractivity contribution < 1.29 is 14.3 Å². The largest absolute Gasteiger partial charge is 0.493 e. The van der Waals surface area contributed by atoms with Gasteiger partial charge in [0.15, 0.2) is 11.5 Å². The van der Waals surface area contributed by atoms with E-state index >= 15 is 0 Å². The summed E-state index contributed by atoms with van der Waals surface area (Å²) in [5.74, 6) is 1.63. The molecule has 3 heterocycles. The van der Waals surface area contributed by atoms with Crippen LogP contribution in [0.2, 0.25) is 0 Å². The second-order valence-electron chi connectivity index (χ2n) is 9.56. The van der Waals surface area contributed by atoms with Crippen molar-refractivity contribution in [1.29, 1.82) is 0 Å². The van der Waals surface area contributed by atoms with Gasteiger partial charge in [-0.3, -0.25) is 14.7 Å². The fourth-order valence-corrected chi connectivity index (χ4v) is 5.51. The third kappa shape index (κ3) is 4.39. The van der Waals surface area contributed by atoms with Crippen molar-refractivity contribution in [2.75, 3.05) is 20.8 Å². The van der Waals surface area contributed by atoms with E-state index in [0.29, 0.717) is 18.8 Å². The molecule has 3 aromatic rings. The number of aromatic nitrogens is 1. The van der Waals surface area contributed by atoms with Gasteiger partial charge in [0.2, 0.25) is 5.91 Å². The molecule has 2 aliphatic heterocycles. The van der Waals surface area contributed by atoms with Crippen LogP contribution in [0.5, 0.6) is 11.5 Å². The highest BCUT2D eigenvalue weighted by atomic mass is 16.5. The first-order valence-corrected chi connectivity index (χ1v) is 12.3. The second-order valence-corrected chi connectivity index (χ2v) is 9.56. The van der Waals surface area contributed by atoms with Crippen LogP contribution in [0.15, 0.2) is 54.9 Å². The molecule has 0 spiro atoms. The zero-order valence-electron chi connectivity index (χ0n) is 21.0. The first-order valence-electron chi connectivity index (χ1n) is 12.3. The molecule has 2 unspecified atom stereocenters. The van der Waals surface area contributed by atoms with Crippen molar-refractivity contribution in [2.45, 2.75) is 51.9 Å². The van der Waals surface area contributed by atoms with E-state index in [1.165, 1.54) is 27.8 Å². The lowest BCUT2D eigenvalue weighted by atomic mass is 9.89. The van der Waals surface area contributed by atoms with E-state index in [2.05, 4.69) is 59.0 Å². The maximum absolute atomic E-state index is 14.2. The molecule has 0 saturated heterocycles. The molecular weight excluding hydrogens is 438 g/mol. The molecule has 182 valence electrons. The molecule has 0 saturated carbocycles. The van der Waals surface area contributed by atoms with Gasteiger partial charge in [-0.05, 0) is 78.3 Å². The lowest BCUT2D eigenvalue weighted by molar-refractivity contribution is -0.140. The Morgan fingerprint density at radius 1 is 1.06 bits per heavy atom. The molecule has 2 atom stereocenters. The van der Waals surface area contributed by atoms with Gasteiger partial charge in [-0.25, -0.2) is 0 Å². The number of methoxy groups -OCH3 is 2. The third-order valence-electron chi connectivity index (χ3n) is 7.62. The summed E-state index contributed by atoms with van der Waals surface area (Å²) in [7, 11) is 3.31. The van der Waals surface area contributed by atoms with Crippen molar-refractivity contribution in [3.63, 3.8) is 0 Å². The fourth-order valence-electron chi connectivity index (χ4n) is 5.51. The fraction of sp³-hybridized carbons (Fsp3) is 0.379. The molecule has 0 N–H and O–H groups in total. The first-order chi connectivity index (χ1) is 17.0. The van der Waals surface area contributed by atoms with Crippen LogP contribution in [0.3, 0.4) is 0 Å². The van der Waals surface area contributed by atoms with Gasteiger partial charge >= 0.3 is 0 Å². The van der Waals surface area contributed by atoms with Gasteiger partial charge in [-0.15, -0.1) is 0 Å². The Morgan fingerprint density at radius 2 is 1.80 bits per heavy atom. The zero-order valence-corrected chi connectivity index (χ0v) is 21.0. The van der Waals surface area contributed by atoms with E-state index < -0.39 is 0 Å². The van der Waals surface area contributed by atoms with Gasteiger partial charge < -0.3 is 14.4 Å². The summed E-state index contributed by atoms with van der Waals surface area (Å²) in [5, 5.41) is 0. The molecule has 0 fully saturated rings. The van der Waals surface area contributed by atoms with Crippen LogP contribution in [-0.2, 0) is 30.7 Å². The summed E-state index contributed by atoms with van der Waals surface area (Å²) in [4.78, 5) is 22.9. The standard InChI is InChI=1S/C29H33N3O3/c1-19-9-11-30-16-24(19)18-31-17-23-8-6-5-7-21(23)13-26(31)29(33)32-12-10-22-14-27(34-3)28(35-4)15-25(22)20(32)2/h5-9,11,14-16,20,26H,10,12-13,17-18H2,1-4H3. The monoisotopic (exact) mass is 471 g/mol. The van der Waals surface area contributed by atoms with Crippen LogP contribution in [-0.4, -0.2) is 47.5 Å². The molecule has 1 aromatic heterocycles. The molecule has 35 heavy (non-hydrogen) atoms. The first kappa shape index (κ1) is 23.4. The van der Waals surface area contributed by atoms with Crippen LogP contribution in [0.1, 0.15) is 46.3 Å². The Balaban J connectivity index is 1.46.